The molecule has 0 bridgehead atoms. The summed E-state index contributed by atoms with van der Waals surface area (Å²) in [6.07, 6.45) is -4.83. The number of nitrogens with zero attached hydrogens (tertiary/aromatic N) is 1. The zero-order valence-corrected chi connectivity index (χ0v) is 29.8. The molecule has 3 aromatic carbocycles. The first-order valence-electron chi connectivity index (χ1n) is 15.0. The third-order valence-electron chi connectivity index (χ3n) is 6.44. The van der Waals surface area contributed by atoms with Crippen LogP contribution in [0.1, 0.15) is 28.8 Å². The lowest BCUT2D eigenvalue weighted by atomic mass is 10.1. The summed E-state index contributed by atoms with van der Waals surface area (Å²) in [6, 6.07) is 15.5. The summed E-state index contributed by atoms with van der Waals surface area (Å²) in [5.74, 6) is -3.65. The van der Waals surface area contributed by atoms with Crippen molar-refractivity contribution in [3.05, 3.63) is 77.6 Å². The number of benzene rings is 3. The highest BCUT2D eigenvalue weighted by atomic mass is 32.2. The van der Waals surface area contributed by atoms with E-state index in [9.17, 15) is 40.2 Å². The molecule has 1 unspecified atom stereocenters. The Balaban J connectivity index is 0.000000980. The monoisotopic (exact) mass is 805 g/mol. The standard InChI is InChI=1S/C29H31FN5O8PS2.C2HF3O2/c30-24-16-23(6-3-20(24)17-33)43-44(37,38)18-34-46(39,40)28-15-21-13-22(5-8-27(21)45-28)35-29(36)19-4-7-25(41-11-1-9-31)26(14-19)42-12-2-10-32;3-2(4,5)1(6)7/h3-8,13-16,34H,1-2,9-12,18,31-32H2,(H,35,36)(H,37,38);(H,6,7). The largest absolute Gasteiger partial charge is 0.490 e. The van der Waals surface area contributed by atoms with Crippen molar-refractivity contribution in [3.63, 3.8) is 0 Å². The number of carbonyl (C=O) groups excluding carboxylic acids is 1. The molecule has 1 aromatic heterocycles. The van der Waals surface area contributed by atoms with Crippen molar-refractivity contribution >= 4 is 56.6 Å². The van der Waals surface area contributed by atoms with E-state index in [1.54, 1.807) is 42.5 Å². The Morgan fingerprint density at radius 2 is 1.60 bits per heavy atom. The number of hydrogen-bond donors (Lipinski definition) is 6. The molecule has 0 aliphatic rings. The topological polar surface area (TPSA) is 253 Å². The average molecular weight is 806 g/mol. The maximum atomic E-state index is 13.8. The Hall–Kier alpha value is -4.81. The Bertz CT molecular complexity index is 2130. The molecule has 1 atom stereocenters. The molecule has 286 valence electrons. The van der Waals surface area contributed by atoms with Gasteiger partial charge < -0.3 is 40.8 Å². The van der Waals surface area contributed by atoms with E-state index in [4.69, 9.17) is 40.6 Å². The fraction of sp³-hybridized carbons (Fsp3) is 0.258. The van der Waals surface area contributed by atoms with E-state index in [0.717, 1.165) is 29.5 Å². The van der Waals surface area contributed by atoms with Crippen LogP contribution in [0.5, 0.6) is 17.2 Å². The number of carbonyl (C=O) groups is 2. The summed E-state index contributed by atoms with van der Waals surface area (Å²) in [5, 5.41) is 19.2. The first-order chi connectivity index (χ1) is 24.9. The highest BCUT2D eigenvalue weighted by Crippen LogP contribution is 2.42. The number of carboxylic acid groups (broad SMARTS) is 1. The minimum atomic E-state index is -5.08. The predicted octanol–water partition coefficient (Wildman–Crippen LogP) is 4.75. The molecular weight excluding hydrogens is 773 g/mol. The van der Waals surface area contributed by atoms with Crippen molar-refractivity contribution in [2.24, 2.45) is 11.5 Å². The molecule has 53 heavy (non-hydrogen) atoms. The number of rotatable bonds is 16. The third-order valence-corrected chi connectivity index (χ3v) is 10.7. The van der Waals surface area contributed by atoms with Crippen LogP contribution in [0.25, 0.3) is 10.1 Å². The van der Waals surface area contributed by atoms with Gasteiger partial charge in [-0.1, -0.05) is 0 Å². The number of carboxylic acids is 1. The third kappa shape index (κ3) is 13.0. The summed E-state index contributed by atoms with van der Waals surface area (Å²) in [7, 11) is -8.86. The number of fused-ring (bicyclic) bond motifs is 1. The van der Waals surface area contributed by atoms with Gasteiger partial charge in [-0.15, -0.1) is 11.3 Å². The zero-order valence-electron chi connectivity index (χ0n) is 27.3. The molecule has 4 rings (SSSR count). The molecule has 0 spiro atoms. The van der Waals surface area contributed by atoms with Gasteiger partial charge in [0.2, 0.25) is 0 Å². The smallest absolute Gasteiger partial charge is 0.490 e. The molecule has 0 fully saturated rings. The Kier molecular flexibility index (Phi) is 15.1. The predicted molar refractivity (Wildman–Crippen MR) is 185 cm³/mol. The number of hydrogen-bond acceptors (Lipinski definition) is 12. The van der Waals surface area contributed by atoms with Crippen molar-refractivity contribution in [1.82, 2.24) is 4.72 Å². The number of sulfonamides is 1. The van der Waals surface area contributed by atoms with Crippen LogP contribution in [-0.4, -0.2) is 69.1 Å². The minimum absolute atomic E-state index is 0.153. The lowest BCUT2D eigenvalue weighted by Crippen LogP contribution is -2.25. The quantitative estimate of drug-likeness (QED) is 0.0509. The number of alkyl halides is 3. The summed E-state index contributed by atoms with van der Waals surface area (Å²) >= 11 is 0.907. The van der Waals surface area contributed by atoms with E-state index in [1.165, 1.54) is 6.07 Å². The normalized spacial score (nSPS) is 12.5. The van der Waals surface area contributed by atoms with E-state index in [0.29, 0.717) is 72.0 Å². The van der Waals surface area contributed by atoms with E-state index in [1.807, 2.05) is 4.72 Å². The van der Waals surface area contributed by atoms with Gasteiger partial charge in [0.15, 0.2) is 11.5 Å². The highest BCUT2D eigenvalue weighted by molar-refractivity contribution is 7.92. The molecule has 0 aliphatic heterocycles. The van der Waals surface area contributed by atoms with Crippen LogP contribution in [0.4, 0.5) is 23.2 Å². The van der Waals surface area contributed by atoms with Gasteiger partial charge >= 0.3 is 19.7 Å². The SMILES string of the molecule is N#Cc1ccc(OP(=O)(O)CNS(=O)(=O)c2cc3cc(NC(=O)c4ccc(OCCCN)c(OCCCN)c4)ccc3s2)cc1F.O=C(O)C(F)(F)F. The number of anilines is 1. The first kappa shape index (κ1) is 42.6. The molecule has 8 N–H and O–H groups in total. The number of nitriles is 1. The maximum absolute atomic E-state index is 13.8. The van der Waals surface area contributed by atoms with Crippen molar-refractivity contribution in [1.29, 1.82) is 5.26 Å². The van der Waals surface area contributed by atoms with Crippen molar-refractivity contribution in [3.8, 4) is 23.3 Å². The van der Waals surface area contributed by atoms with E-state index in [-0.39, 0.29) is 15.5 Å². The zero-order chi connectivity index (χ0) is 39.4. The highest BCUT2D eigenvalue weighted by Gasteiger charge is 2.38. The van der Waals surface area contributed by atoms with Crippen molar-refractivity contribution in [2.45, 2.75) is 23.2 Å². The second-order valence-electron chi connectivity index (χ2n) is 10.5. The number of aliphatic carboxylic acids is 1. The fourth-order valence-electron chi connectivity index (χ4n) is 3.92. The average Bonchev–Trinajstić information content (AvgIpc) is 3.53. The molecule has 4 aromatic rings. The Morgan fingerprint density at radius 3 is 2.19 bits per heavy atom. The number of nitrogens with one attached hydrogen (secondary N) is 2. The minimum Gasteiger partial charge on any atom is -0.490 e. The van der Waals surface area contributed by atoms with Gasteiger partial charge in [0.05, 0.1) is 18.8 Å². The number of halogens is 4. The molecule has 0 radical (unpaired) electrons. The summed E-state index contributed by atoms with van der Waals surface area (Å²) in [5.41, 5.74) is 11.5. The van der Waals surface area contributed by atoms with Crippen LogP contribution in [0.3, 0.4) is 0 Å². The lowest BCUT2D eigenvalue weighted by molar-refractivity contribution is -0.192. The Morgan fingerprint density at radius 1 is 0.962 bits per heavy atom. The number of amides is 1. The molecule has 0 saturated carbocycles. The van der Waals surface area contributed by atoms with Crippen LogP contribution < -0.4 is 35.5 Å². The molecule has 0 aliphatic carbocycles. The maximum Gasteiger partial charge on any atom is 0.490 e. The molecular formula is C31H32F4N5O10PS2. The van der Waals surface area contributed by atoms with Gasteiger partial charge in [0.1, 0.15) is 28.1 Å². The Labute approximate surface area is 303 Å². The molecule has 22 heteroatoms. The lowest BCUT2D eigenvalue weighted by Gasteiger charge is -2.14. The molecule has 15 nitrogen and oxygen atoms in total. The van der Waals surface area contributed by atoms with E-state index < -0.39 is 47.8 Å². The van der Waals surface area contributed by atoms with Crippen LogP contribution in [-0.2, 0) is 19.4 Å². The van der Waals surface area contributed by atoms with Gasteiger partial charge in [-0.05, 0) is 85.9 Å². The van der Waals surface area contributed by atoms with Gasteiger partial charge in [-0.25, -0.2) is 22.2 Å². The summed E-state index contributed by atoms with van der Waals surface area (Å²) in [4.78, 5) is 32.1. The fourth-order valence-corrected chi connectivity index (χ4v) is 7.85. The van der Waals surface area contributed by atoms with E-state index in [2.05, 4.69) is 5.32 Å². The van der Waals surface area contributed by atoms with Gasteiger partial charge in [-0.3, -0.25) is 4.79 Å². The van der Waals surface area contributed by atoms with Crippen LogP contribution >= 0.6 is 18.9 Å². The second-order valence-corrected chi connectivity index (χ2v) is 15.4. The number of thiophene rings is 1. The van der Waals surface area contributed by atoms with Crippen LogP contribution in [0.15, 0.2) is 64.9 Å². The molecule has 1 heterocycles. The van der Waals surface area contributed by atoms with Crippen LogP contribution in [0.2, 0.25) is 0 Å². The number of nitrogens with two attached hydrogens (primary N) is 2. The second kappa shape index (κ2) is 18.8. The van der Waals surface area contributed by atoms with Gasteiger partial charge in [0.25, 0.3) is 15.9 Å². The molecule has 0 saturated heterocycles. The molecule has 1 amide bonds. The number of ether oxygens (including phenoxy) is 2. The summed E-state index contributed by atoms with van der Waals surface area (Å²) < 4.78 is 103. The van der Waals surface area contributed by atoms with E-state index >= 15 is 0 Å². The van der Waals surface area contributed by atoms with Gasteiger partial charge in [-0.2, -0.15) is 23.2 Å². The first-order valence-corrected chi connectivity index (χ1v) is 19.1. The summed E-state index contributed by atoms with van der Waals surface area (Å²) in [6.45, 7) is 1.62. The van der Waals surface area contributed by atoms with Crippen molar-refractivity contribution < 1.29 is 64.1 Å². The van der Waals surface area contributed by atoms with Gasteiger partial charge in [0, 0.05) is 22.0 Å². The van der Waals surface area contributed by atoms with Crippen molar-refractivity contribution in [2.75, 3.05) is 37.9 Å². The van der Waals surface area contributed by atoms with Crippen LogP contribution in [0, 0.1) is 17.1 Å².